The normalized spacial score (nSPS) is 20.9. The Morgan fingerprint density at radius 1 is 1.37 bits per heavy atom. The van der Waals surface area contributed by atoms with E-state index in [-0.39, 0.29) is 11.4 Å². The standard InChI is InChI=1S/C13H19F2N3O/c1-9-8-18(6-5-17(9)2)10-3-4-11(16)12(7-10)19-13(14)15/h3-4,7,9,13H,5-6,8,16H2,1-2H3. The number of benzene rings is 1. The van der Waals surface area contributed by atoms with Gasteiger partial charge in [0.1, 0.15) is 0 Å². The molecule has 1 unspecified atom stereocenters. The molecule has 106 valence electrons. The van der Waals surface area contributed by atoms with Crippen LogP contribution in [0.15, 0.2) is 18.2 Å². The Kier molecular flexibility index (Phi) is 4.09. The van der Waals surface area contributed by atoms with Crippen LogP contribution in [0, 0.1) is 0 Å². The molecule has 19 heavy (non-hydrogen) atoms. The highest BCUT2D eigenvalue weighted by molar-refractivity contribution is 5.62. The third-order valence-electron chi connectivity index (χ3n) is 3.54. The molecule has 0 aromatic heterocycles. The van der Waals surface area contributed by atoms with Gasteiger partial charge in [-0.15, -0.1) is 0 Å². The van der Waals surface area contributed by atoms with Crippen molar-refractivity contribution in [1.29, 1.82) is 0 Å². The summed E-state index contributed by atoms with van der Waals surface area (Å²) in [6.07, 6.45) is 0. The van der Waals surface area contributed by atoms with E-state index in [0.29, 0.717) is 6.04 Å². The highest BCUT2D eigenvalue weighted by Gasteiger charge is 2.21. The van der Waals surface area contributed by atoms with Crippen molar-refractivity contribution in [2.45, 2.75) is 19.6 Å². The van der Waals surface area contributed by atoms with Gasteiger partial charge in [0, 0.05) is 37.4 Å². The summed E-state index contributed by atoms with van der Waals surface area (Å²) in [7, 11) is 2.08. The van der Waals surface area contributed by atoms with Crippen molar-refractivity contribution < 1.29 is 13.5 Å². The number of ether oxygens (including phenoxy) is 1. The van der Waals surface area contributed by atoms with Crippen LogP contribution < -0.4 is 15.4 Å². The number of anilines is 2. The lowest BCUT2D eigenvalue weighted by atomic mass is 10.1. The molecule has 0 spiro atoms. The second-order valence-electron chi connectivity index (χ2n) is 4.88. The predicted molar refractivity (Wildman–Crippen MR) is 71.8 cm³/mol. The van der Waals surface area contributed by atoms with Crippen molar-refractivity contribution in [3.63, 3.8) is 0 Å². The molecule has 0 aliphatic carbocycles. The average molecular weight is 271 g/mol. The van der Waals surface area contributed by atoms with Crippen molar-refractivity contribution in [2.75, 3.05) is 37.3 Å². The number of halogens is 2. The minimum atomic E-state index is -2.86. The van der Waals surface area contributed by atoms with Crippen LogP contribution in [0.1, 0.15) is 6.92 Å². The van der Waals surface area contributed by atoms with E-state index in [1.165, 1.54) is 0 Å². The van der Waals surface area contributed by atoms with Crippen molar-refractivity contribution in [1.82, 2.24) is 4.90 Å². The lowest BCUT2D eigenvalue weighted by Gasteiger charge is -2.39. The molecule has 1 atom stereocenters. The lowest BCUT2D eigenvalue weighted by molar-refractivity contribution is -0.0493. The topological polar surface area (TPSA) is 41.7 Å². The van der Waals surface area contributed by atoms with E-state index >= 15 is 0 Å². The van der Waals surface area contributed by atoms with Crippen LogP contribution in [0.2, 0.25) is 0 Å². The molecule has 6 heteroatoms. The van der Waals surface area contributed by atoms with E-state index in [1.807, 2.05) is 6.07 Å². The van der Waals surface area contributed by atoms with Gasteiger partial charge in [-0.25, -0.2) is 0 Å². The van der Waals surface area contributed by atoms with Gasteiger partial charge >= 0.3 is 6.61 Å². The second kappa shape index (κ2) is 5.61. The van der Waals surface area contributed by atoms with Crippen LogP contribution in [0.3, 0.4) is 0 Å². The SMILES string of the molecule is CC1CN(c2ccc(N)c(OC(F)F)c2)CCN1C. The fourth-order valence-corrected chi connectivity index (χ4v) is 2.20. The van der Waals surface area contributed by atoms with Gasteiger partial charge in [0.2, 0.25) is 0 Å². The zero-order chi connectivity index (χ0) is 14.0. The minimum absolute atomic E-state index is 0.0408. The number of alkyl halides is 2. The molecule has 0 saturated carbocycles. The van der Waals surface area contributed by atoms with E-state index in [4.69, 9.17) is 5.73 Å². The Labute approximate surface area is 111 Å². The van der Waals surface area contributed by atoms with Gasteiger partial charge in [0.15, 0.2) is 5.75 Å². The number of nitrogen functional groups attached to an aromatic ring is 1. The first-order chi connectivity index (χ1) is 8.97. The Morgan fingerprint density at radius 2 is 2.11 bits per heavy atom. The summed E-state index contributed by atoms with van der Waals surface area (Å²) in [6.45, 7) is 1.94. The lowest BCUT2D eigenvalue weighted by Crippen LogP contribution is -2.50. The highest BCUT2D eigenvalue weighted by Crippen LogP contribution is 2.30. The van der Waals surface area contributed by atoms with E-state index in [1.54, 1.807) is 12.1 Å². The summed E-state index contributed by atoms with van der Waals surface area (Å²) in [6, 6.07) is 5.45. The second-order valence-corrected chi connectivity index (χ2v) is 4.88. The number of piperazine rings is 1. The van der Waals surface area contributed by atoms with Gasteiger partial charge in [-0.05, 0) is 26.1 Å². The summed E-state index contributed by atoms with van der Waals surface area (Å²) in [4.78, 5) is 4.42. The van der Waals surface area contributed by atoms with Crippen LogP contribution in [0.5, 0.6) is 5.75 Å². The zero-order valence-corrected chi connectivity index (χ0v) is 11.1. The molecule has 0 bridgehead atoms. The number of hydrogen-bond acceptors (Lipinski definition) is 4. The number of nitrogens with zero attached hydrogens (tertiary/aromatic N) is 2. The van der Waals surface area contributed by atoms with Crippen LogP contribution in [-0.2, 0) is 0 Å². The first kappa shape index (κ1) is 13.9. The van der Waals surface area contributed by atoms with Crippen molar-refractivity contribution in [2.24, 2.45) is 0 Å². The van der Waals surface area contributed by atoms with Gasteiger partial charge in [0.25, 0.3) is 0 Å². The molecule has 1 aliphatic rings. The molecule has 1 heterocycles. The molecule has 2 N–H and O–H groups in total. The zero-order valence-electron chi connectivity index (χ0n) is 11.1. The van der Waals surface area contributed by atoms with Crippen LogP contribution in [0.25, 0.3) is 0 Å². The predicted octanol–water partition coefficient (Wildman–Crippen LogP) is 2.01. The third kappa shape index (κ3) is 3.26. The maximum Gasteiger partial charge on any atom is 0.387 e. The van der Waals surface area contributed by atoms with Crippen molar-refractivity contribution >= 4 is 11.4 Å². The first-order valence-corrected chi connectivity index (χ1v) is 6.27. The molecule has 1 aromatic rings. The van der Waals surface area contributed by atoms with Crippen LogP contribution in [0.4, 0.5) is 20.2 Å². The molecular weight excluding hydrogens is 252 g/mol. The maximum atomic E-state index is 12.3. The van der Waals surface area contributed by atoms with Gasteiger partial charge in [-0.2, -0.15) is 8.78 Å². The average Bonchev–Trinajstić information content (AvgIpc) is 2.35. The molecular formula is C13H19F2N3O. The van der Waals surface area contributed by atoms with Gasteiger partial charge in [-0.1, -0.05) is 0 Å². The van der Waals surface area contributed by atoms with E-state index in [2.05, 4.69) is 28.5 Å². The molecule has 2 rings (SSSR count). The van der Waals surface area contributed by atoms with E-state index in [0.717, 1.165) is 25.3 Å². The summed E-state index contributed by atoms with van der Waals surface area (Å²) in [5, 5.41) is 0. The minimum Gasteiger partial charge on any atom is -0.433 e. The van der Waals surface area contributed by atoms with Crippen molar-refractivity contribution in [3.8, 4) is 5.75 Å². The molecule has 1 saturated heterocycles. The monoisotopic (exact) mass is 271 g/mol. The third-order valence-corrected chi connectivity index (χ3v) is 3.54. The van der Waals surface area contributed by atoms with Gasteiger partial charge in [0.05, 0.1) is 5.69 Å². The fraction of sp³-hybridized carbons (Fsp3) is 0.538. The molecule has 4 nitrogen and oxygen atoms in total. The Balaban J connectivity index is 2.16. The quantitative estimate of drug-likeness (QED) is 0.854. The Hall–Kier alpha value is -1.56. The summed E-state index contributed by atoms with van der Waals surface area (Å²) < 4.78 is 29.0. The Bertz CT molecular complexity index is 442. The van der Waals surface area contributed by atoms with Gasteiger partial charge < -0.3 is 20.3 Å². The van der Waals surface area contributed by atoms with Gasteiger partial charge in [-0.3, -0.25) is 0 Å². The molecule has 1 fully saturated rings. The smallest absolute Gasteiger partial charge is 0.387 e. The fourth-order valence-electron chi connectivity index (χ4n) is 2.20. The molecule has 0 radical (unpaired) electrons. The number of hydrogen-bond donors (Lipinski definition) is 1. The molecule has 1 aromatic carbocycles. The number of likely N-dealkylation sites (N-methyl/N-ethyl adjacent to an activating group) is 1. The Morgan fingerprint density at radius 3 is 2.74 bits per heavy atom. The number of nitrogens with two attached hydrogens (primary N) is 1. The summed E-state index contributed by atoms with van der Waals surface area (Å²) in [5.74, 6) is 0.0408. The van der Waals surface area contributed by atoms with Crippen LogP contribution in [-0.4, -0.2) is 44.2 Å². The molecule has 0 amide bonds. The van der Waals surface area contributed by atoms with E-state index < -0.39 is 6.61 Å². The van der Waals surface area contributed by atoms with Crippen LogP contribution >= 0.6 is 0 Å². The largest absolute Gasteiger partial charge is 0.433 e. The summed E-state index contributed by atoms with van der Waals surface area (Å²) in [5.41, 5.74) is 6.73. The van der Waals surface area contributed by atoms with E-state index in [9.17, 15) is 8.78 Å². The van der Waals surface area contributed by atoms with Crippen molar-refractivity contribution in [3.05, 3.63) is 18.2 Å². The molecule has 1 aliphatic heterocycles. The first-order valence-electron chi connectivity index (χ1n) is 6.27. The highest BCUT2D eigenvalue weighted by atomic mass is 19.3. The summed E-state index contributed by atoms with van der Waals surface area (Å²) >= 11 is 0. The maximum absolute atomic E-state index is 12.3. The number of rotatable bonds is 3.